The van der Waals surface area contributed by atoms with Gasteiger partial charge in [0.25, 0.3) is 0 Å². The van der Waals surface area contributed by atoms with E-state index >= 15 is 0 Å². The standard InChI is InChI=1S/C5H5N2O2/c1-5(4(8)9)2-3-6-7-5/h2-3H,1H2,(H,8,9). The summed E-state index contributed by atoms with van der Waals surface area (Å²) in [6.07, 6.45) is 2.65. The lowest BCUT2D eigenvalue weighted by molar-refractivity contribution is -0.139. The van der Waals surface area contributed by atoms with E-state index in [-0.39, 0.29) is 0 Å². The highest BCUT2D eigenvalue weighted by Gasteiger charge is 2.32. The molecule has 1 N–H and O–H groups in total. The number of azo groups is 1. The zero-order chi connectivity index (χ0) is 6.91. The zero-order valence-corrected chi connectivity index (χ0v) is 4.61. The van der Waals surface area contributed by atoms with E-state index in [1.807, 2.05) is 0 Å². The van der Waals surface area contributed by atoms with Gasteiger partial charge in [-0.3, -0.25) is 0 Å². The smallest absolute Gasteiger partial charge is 0.337 e. The van der Waals surface area contributed by atoms with Crippen molar-refractivity contribution in [2.75, 3.05) is 0 Å². The van der Waals surface area contributed by atoms with Gasteiger partial charge in [0.15, 0.2) is 5.54 Å². The maximum Gasteiger partial charge on any atom is 0.337 e. The fourth-order valence-electron chi connectivity index (χ4n) is 0.440. The summed E-state index contributed by atoms with van der Waals surface area (Å²) in [6, 6.07) is 0. The third-order valence-corrected chi connectivity index (χ3v) is 1.02. The lowest BCUT2D eigenvalue weighted by Gasteiger charge is -2.07. The predicted molar refractivity (Wildman–Crippen MR) is 29.7 cm³/mol. The van der Waals surface area contributed by atoms with Crippen molar-refractivity contribution in [2.24, 2.45) is 10.2 Å². The Balaban J connectivity index is 2.88. The van der Waals surface area contributed by atoms with Crippen LogP contribution in [0.25, 0.3) is 0 Å². The molecule has 0 saturated heterocycles. The topological polar surface area (TPSA) is 62.0 Å². The van der Waals surface area contributed by atoms with Crippen LogP contribution in [0.15, 0.2) is 22.5 Å². The Morgan fingerprint density at radius 3 is 2.67 bits per heavy atom. The molecule has 47 valence electrons. The summed E-state index contributed by atoms with van der Waals surface area (Å²) < 4.78 is 0. The van der Waals surface area contributed by atoms with Crippen molar-refractivity contribution in [3.8, 4) is 0 Å². The van der Waals surface area contributed by atoms with Gasteiger partial charge in [0.05, 0.1) is 0 Å². The maximum absolute atomic E-state index is 10.3. The van der Waals surface area contributed by atoms with Gasteiger partial charge in [0.1, 0.15) is 0 Å². The van der Waals surface area contributed by atoms with Crippen LogP contribution in [0.2, 0.25) is 0 Å². The molecule has 0 amide bonds. The first-order chi connectivity index (χ1) is 4.15. The fourth-order valence-corrected chi connectivity index (χ4v) is 0.440. The normalized spacial score (nSPS) is 31.2. The minimum Gasteiger partial charge on any atom is -0.479 e. The SMILES string of the molecule is [CH2]C1(C(=O)O)C=CN=N1. The lowest BCUT2D eigenvalue weighted by atomic mass is 10.1. The van der Waals surface area contributed by atoms with Gasteiger partial charge in [-0.1, -0.05) is 0 Å². The Morgan fingerprint density at radius 2 is 2.44 bits per heavy atom. The molecular weight excluding hydrogens is 120 g/mol. The van der Waals surface area contributed by atoms with Gasteiger partial charge < -0.3 is 5.11 Å². The van der Waals surface area contributed by atoms with Crippen LogP contribution in [0, 0.1) is 6.92 Å². The Kier molecular flexibility index (Phi) is 1.09. The van der Waals surface area contributed by atoms with Crippen molar-refractivity contribution < 1.29 is 9.90 Å². The van der Waals surface area contributed by atoms with Crippen LogP contribution < -0.4 is 0 Å². The molecule has 1 rings (SSSR count). The molecule has 1 atom stereocenters. The molecule has 4 heteroatoms. The van der Waals surface area contributed by atoms with Crippen LogP contribution >= 0.6 is 0 Å². The number of carboxylic acid groups (broad SMARTS) is 1. The summed E-state index contributed by atoms with van der Waals surface area (Å²) in [5.41, 5.74) is -1.36. The van der Waals surface area contributed by atoms with E-state index < -0.39 is 11.5 Å². The van der Waals surface area contributed by atoms with Gasteiger partial charge in [0.2, 0.25) is 0 Å². The van der Waals surface area contributed by atoms with Crippen LogP contribution in [-0.4, -0.2) is 16.6 Å². The van der Waals surface area contributed by atoms with Crippen LogP contribution in [0.4, 0.5) is 0 Å². The summed E-state index contributed by atoms with van der Waals surface area (Å²) in [5.74, 6) is -1.08. The third-order valence-electron chi connectivity index (χ3n) is 1.02. The Bertz CT molecular complexity index is 183. The van der Waals surface area contributed by atoms with Gasteiger partial charge in [-0.15, -0.1) is 0 Å². The van der Waals surface area contributed by atoms with E-state index in [0.29, 0.717) is 0 Å². The second-order valence-corrected chi connectivity index (χ2v) is 1.76. The summed E-state index contributed by atoms with van der Waals surface area (Å²) in [7, 11) is 0. The minimum atomic E-state index is -1.36. The Labute approximate surface area is 51.9 Å². The van der Waals surface area contributed by atoms with Crippen molar-refractivity contribution in [1.82, 2.24) is 0 Å². The molecule has 1 heterocycles. The molecule has 4 nitrogen and oxygen atoms in total. The van der Waals surface area contributed by atoms with Gasteiger partial charge in [-0.25, -0.2) is 4.79 Å². The van der Waals surface area contributed by atoms with E-state index in [1.165, 1.54) is 12.3 Å². The highest BCUT2D eigenvalue weighted by Crippen LogP contribution is 2.17. The van der Waals surface area contributed by atoms with Crippen LogP contribution in [0.3, 0.4) is 0 Å². The maximum atomic E-state index is 10.3. The molecule has 0 aromatic carbocycles. The van der Waals surface area contributed by atoms with Gasteiger partial charge >= 0.3 is 5.97 Å². The van der Waals surface area contributed by atoms with Crippen molar-refractivity contribution in [1.29, 1.82) is 0 Å². The molecule has 0 aromatic rings. The highest BCUT2D eigenvalue weighted by molar-refractivity contribution is 5.83. The van der Waals surface area contributed by atoms with Crippen molar-refractivity contribution >= 4 is 5.97 Å². The zero-order valence-electron chi connectivity index (χ0n) is 4.61. The number of rotatable bonds is 1. The number of carbonyl (C=O) groups is 1. The van der Waals surface area contributed by atoms with E-state index in [2.05, 4.69) is 17.2 Å². The molecule has 1 radical (unpaired) electrons. The summed E-state index contributed by atoms with van der Waals surface area (Å²) in [4.78, 5) is 10.3. The van der Waals surface area contributed by atoms with Gasteiger partial charge in [0, 0.05) is 6.20 Å². The van der Waals surface area contributed by atoms with Crippen LogP contribution in [0.1, 0.15) is 0 Å². The molecule has 0 fully saturated rings. The van der Waals surface area contributed by atoms with E-state index in [4.69, 9.17) is 5.11 Å². The first-order valence-electron chi connectivity index (χ1n) is 2.34. The molecule has 9 heavy (non-hydrogen) atoms. The summed E-state index contributed by atoms with van der Waals surface area (Å²) >= 11 is 0. The molecule has 0 bridgehead atoms. The molecule has 1 aliphatic heterocycles. The van der Waals surface area contributed by atoms with Crippen LogP contribution in [-0.2, 0) is 4.79 Å². The van der Waals surface area contributed by atoms with Crippen molar-refractivity contribution in [3.05, 3.63) is 19.2 Å². The quantitative estimate of drug-likeness (QED) is 0.558. The average molecular weight is 125 g/mol. The number of hydrogen-bond acceptors (Lipinski definition) is 3. The van der Waals surface area contributed by atoms with E-state index in [1.54, 1.807) is 0 Å². The number of aliphatic carboxylic acids is 1. The fraction of sp³-hybridized carbons (Fsp3) is 0.200. The Hall–Kier alpha value is -1.19. The molecular formula is C5H5N2O2. The summed E-state index contributed by atoms with van der Waals surface area (Å²) in [6.45, 7) is 3.32. The molecule has 1 unspecified atom stereocenters. The molecule has 0 aromatic heterocycles. The minimum absolute atomic E-state index is 1.08. The Morgan fingerprint density at radius 1 is 1.78 bits per heavy atom. The van der Waals surface area contributed by atoms with Crippen molar-refractivity contribution in [2.45, 2.75) is 5.54 Å². The average Bonchev–Trinajstić information content (AvgIpc) is 2.16. The second-order valence-electron chi connectivity index (χ2n) is 1.76. The molecule has 0 spiro atoms. The first kappa shape index (κ1) is 5.94. The molecule has 1 aliphatic rings. The highest BCUT2D eigenvalue weighted by atomic mass is 16.4. The van der Waals surface area contributed by atoms with E-state index in [0.717, 1.165) is 0 Å². The van der Waals surface area contributed by atoms with Crippen LogP contribution in [0.5, 0.6) is 0 Å². The predicted octanol–water partition coefficient (Wildman–Crippen LogP) is 0.623. The third kappa shape index (κ3) is 0.826. The van der Waals surface area contributed by atoms with Gasteiger partial charge in [-0.05, 0) is 13.0 Å². The first-order valence-corrected chi connectivity index (χ1v) is 2.34. The van der Waals surface area contributed by atoms with E-state index in [9.17, 15) is 4.79 Å². The number of nitrogens with zero attached hydrogens (tertiary/aromatic N) is 2. The monoisotopic (exact) mass is 125 g/mol. The van der Waals surface area contributed by atoms with Crippen molar-refractivity contribution in [3.63, 3.8) is 0 Å². The van der Waals surface area contributed by atoms with Gasteiger partial charge in [-0.2, -0.15) is 10.2 Å². The number of carboxylic acids is 1. The summed E-state index contributed by atoms with van der Waals surface area (Å²) in [5, 5.41) is 15.1. The molecule has 0 saturated carbocycles. The largest absolute Gasteiger partial charge is 0.479 e. The lowest BCUT2D eigenvalue weighted by Crippen LogP contribution is -2.28. The number of hydrogen-bond donors (Lipinski definition) is 1. The second kappa shape index (κ2) is 1.65. The molecule has 0 aliphatic carbocycles.